The van der Waals surface area contributed by atoms with Gasteiger partial charge in [0.15, 0.2) is 0 Å². The van der Waals surface area contributed by atoms with E-state index in [1.165, 1.54) is 5.56 Å². The Kier molecular flexibility index (Phi) is 5.79. The van der Waals surface area contributed by atoms with Gasteiger partial charge in [-0.3, -0.25) is 0 Å². The van der Waals surface area contributed by atoms with Gasteiger partial charge in [0.05, 0.1) is 6.61 Å². The van der Waals surface area contributed by atoms with Crippen molar-refractivity contribution in [3.8, 4) is 0 Å². The van der Waals surface area contributed by atoms with E-state index < -0.39 is 7.14 Å². The van der Waals surface area contributed by atoms with Crippen LogP contribution in [0.25, 0.3) is 5.76 Å². The molecule has 0 N–H and O–H groups in total. The Morgan fingerprint density at radius 1 is 0.933 bits per heavy atom. The number of benzene rings is 3. The summed E-state index contributed by atoms with van der Waals surface area (Å²) in [6.45, 7) is 8.86. The van der Waals surface area contributed by atoms with E-state index in [0.29, 0.717) is 12.8 Å². The zero-order valence-electron chi connectivity index (χ0n) is 17.5. The lowest BCUT2D eigenvalue weighted by molar-refractivity contribution is 0.282. The Balaban J connectivity index is 1.87. The summed E-state index contributed by atoms with van der Waals surface area (Å²) in [5, 5.41) is 1.75. The van der Waals surface area contributed by atoms with Crippen LogP contribution in [0.3, 0.4) is 0 Å². The zero-order chi connectivity index (χ0) is 21.1. The topological polar surface area (TPSA) is 26.3 Å². The Hall–Kier alpha value is -2.83. The molecule has 1 aliphatic rings. The maximum Gasteiger partial charge on any atom is 0.147 e. The highest BCUT2D eigenvalue weighted by Gasteiger charge is 2.36. The molecule has 1 aliphatic heterocycles. The summed E-state index contributed by atoms with van der Waals surface area (Å²) in [5.41, 5.74) is 4.36. The van der Waals surface area contributed by atoms with Crippen molar-refractivity contribution in [3.05, 3.63) is 114 Å². The molecule has 2 nitrogen and oxygen atoms in total. The monoisotopic (exact) mass is 414 g/mol. The minimum Gasteiger partial charge on any atom is -0.492 e. The SMILES string of the molecule is C=C(C)C1COC(c2ccc(C)cc2)=C1CP(=O)(c1ccccc1)c1ccccc1. The van der Waals surface area contributed by atoms with E-state index in [-0.39, 0.29) is 5.92 Å². The van der Waals surface area contributed by atoms with Crippen molar-refractivity contribution in [2.24, 2.45) is 5.92 Å². The van der Waals surface area contributed by atoms with Crippen LogP contribution in [0.15, 0.2) is 103 Å². The summed E-state index contributed by atoms with van der Waals surface area (Å²) < 4.78 is 20.8. The molecule has 1 unspecified atom stereocenters. The van der Waals surface area contributed by atoms with Crippen LogP contribution in [-0.4, -0.2) is 12.8 Å². The van der Waals surface area contributed by atoms with Gasteiger partial charge in [0.2, 0.25) is 0 Å². The molecule has 1 heterocycles. The van der Waals surface area contributed by atoms with Crippen LogP contribution in [0.1, 0.15) is 18.1 Å². The van der Waals surface area contributed by atoms with Gasteiger partial charge < -0.3 is 9.30 Å². The first-order valence-electron chi connectivity index (χ1n) is 10.3. The zero-order valence-corrected chi connectivity index (χ0v) is 18.4. The molecule has 0 saturated carbocycles. The van der Waals surface area contributed by atoms with Crippen molar-refractivity contribution >= 4 is 23.5 Å². The minimum absolute atomic E-state index is 0.0713. The highest BCUT2D eigenvalue weighted by atomic mass is 31.2. The van der Waals surface area contributed by atoms with Crippen LogP contribution < -0.4 is 10.6 Å². The number of aryl methyl sites for hydroxylation is 1. The Morgan fingerprint density at radius 2 is 1.47 bits per heavy atom. The van der Waals surface area contributed by atoms with Crippen molar-refractivity contribution in [1.82, 2.24) is 0 Å². The second kappa shape index (κ2) is 8.50. The highest BCUT2D eigenvalue weighted by molar-refractivity contribution is 7.78. The van der Waals surface area contributed by atoms with E-state index in [1.54, 1.807) is 0 Å². The molecule has 3 heteroatoms. The molecule has 0 aromatic heterocycles. The number of hydrogen-bond acceptors (Lipinski definition) is 2. The molecule has 0 spiro atoms. The second-order valence-corrected chi connectivity index (χ2v) is 10.8. The molecule has 4 rings (SSSR count). The van der Waals surface area contributed by atoms with Crippen LogP contribution >= 0.6 is 7.14 Å². The fourth-order valence-corrected chi connectivity index (χ4v) is 6.84. The maximum absolute atomic E-state index is 14.7. The van der Waals surface area contributed by atoms with E-state index >= 15 is 0 Å². The first kappa shape index (κ1) is 20.4. The Morgan fingerprint density at radius 3 is 1.97 bits per heavy atom. The standard InChI is InChI=1S/C27H27O2P/c1-20(2)25-18-29-27(22-16-14-21(3)15-17-22)26(25)19-30(28,23-10-6-4-7-11-23)24-12-8-5-9-13-24/h4-17,25H,1,18-19H2,2-3H3. The molecule has 3 aromatic rings. The van der Waals surface area contributed by atoms with Crippen molar-refractivity contribution in [2.75, 3.05) is 12.8 Å². The Bertz CT molecular complexity index is 1070. The van der Waals surface area contributed by atoms with E-state index in [1.807, 2.05) is 67.6 Å². The van der Waals surface area contributed by atoms with Gasteiger partial charge in [-0.1, -0.05) is 103 Å². The lowest BCUT2D eigenvalue weighted by atomic mass is 9.94. The highest BCUT2D eigenvalue weighted by Crippen LogP contribution is 2.50. The number of hydrogen-bond donors (Lipinski definition) is 0. The summed E-state index contributed by atoms with van der Waals surface area (Å²) in [4.78, 5) is 0. The van der Waals surface area contributed by atoms with E-state index in [2.05, 4.69) is 37.8 Å². The van der Waals surface area contributed by atoms with Crippen molar-refractivity contribution in [1.29, 1.82) is 0 Å². The summed E-state index contributed by atoms with van der Waals surface area (Å²) in [6.07, 6.45) is 0.446. The predicted octanol–water partition coefficient (Wildman–Crippen LogP) is 5.94. The smallest absolute Gasteiger partial charge is 0.147 e. The maximum atomic E-state index is 14.7. The van der Waals surface area contributed by atoms with E-state index in [4.69, 9.17) is 4.74 Å². The lowest BCUT2D eigenvalue weighted by Gasteiger charge is -2.23. The van der Waals surface area contributed by atoms with Crippen LogP contribution in [0.2, 0.25) is 0 Å². The quantitative estimate of drug-likeness (QED) is 0.368. The van der Waals surface area contributed by atoms with E-state index in [9.17, 15) is 4.57 Å². The molecule has 30 heavy (non-hydrogen) atoms. The first-order chi connectivity index (χ1) is 14.5. The summed E-state index contributed by atoms with van der Waals surface area (Å²) in [7, 11) is -2.90. The molecule has 0 fully saturated rings. The molecule has 1 atom stereocenters. The first-order valence-corrected chi connectivity index (χ1v) is 12.2. The summed E-state index contributed by atoms with van der Waals surface area (Å²) in [6, 6.07) is 28.0. The van der Waals surface area contributed by atoms with Gasteiger partial charge in [0.25, 0.3) is 0 Å². The van der Waals surface area contributed by atoms with Gasteiger partial charge >= 0.3 is 0 Å². The molecule has 0 saturated heterocycles. The van der Waals surface area contributed by atoms with Crippen LogP contribution in [0, 0.1) is 12.8 Å². The van der Waals surface area contributed by atoms with Gasteiger partial charge in [-0.2, -0.15) is 0 Å². The molecular weight excluding hydrogens is 387 g/mol. The largest absolute Gasteiger partial charge is 0.492 e. The van der Waals surface area contributed by atoms with Gasteiger partial charge in [-0.15, -0.1) is 0 Å². The predicted molar refractivity (Wildman–Crippen MR) is 127 cm³/mol. The van der Waals surface area contributed by atoms with Gasteiger partial charge in [-0.25, -0.2) is 0 Å². The summed E-state index contributed by atoms with van der Waals surface area (Å²) >= 11 is 0. The minimum atomic E-state index is -2.90. The Labute approximate surface area is 179 Å². The van der Waals surface area contributed by atoms with Crippen molar-refractivity contribution < 1.29 is 9.30 Å². The fourth-order valence-electron chi connectivity index (χ4n) is 4.02. The second-order valence-electron chi connectivity index (χ2n) is 8.00. The lowest BCUT2D eigenvalue weighted by Crippen LogP contribution is -2.21. The third kappa shape index (κ3) is 3.93. The third-order valence-corrected chi connectivity index (χ3v) is 8.81. The number of ether oxygens (including phenoxy) is 1. The van der Waals surface area contributed by atoms with Crippen LogP contribution in [0.5, 0.6) is 0 Å². The molecule has 0 aliphatic carbocycles. The molecule has 0 radical (unpaired) electrons. The van der Waals surface area contributed by atoms with Crippen LogP contribution in [-0.2, 0) is 9.30 Å². The molecule has 0 amide bonds. The van der Waals surface area contributed by atoms with E-state index in [0.717, 1.165) is 33.1 Å². The molecule has 152 valence electrons. The van der Waals surface area contributed by atoms with Crippen LogP contribution in [0.4, 0.5) is 0 Å². The molecular formula is C27H27O2P. The summed E-state index contributed by atoms with van der Waals surface area (Å²) in [5.74, 6) is 0.928. The van der Waals surface area contributed by atoms with Crippen molar-refractivity contribution in [2.45, 2.75) is 13.8 Å². The average molecular weight is 414 g/mol. The average Bonchev–Trinajstić information content (AvgIpc) is 3.19. The third-order valence-electron chi connectivity index (χ3n) is 5.75. The normalized spacial score (nSPS) is 16.4. The van der Waals surface area contributed by atoms with Crippen molar-refractivity contribution in [3.63, 3.8) is 0 Å². The van der Waals surface area contributed by atoms with Gasteiger partial charge in [0.1, 0.15) is 12.9 Å². The number of rotatable bonds is 6. The molecule has 0 bridgehead atoms. The fraction of sp³-hybridized carbons (Fsp3) is 0.185. The van der Waals surface area contributed by atoms with Gasteiger partial charge in [-0.05, 0) is 19.4 Å². The molecule has 3 aromatic carbocycles. The van der Waals surface area contributed by atoms with Gasteiger partial charge in [0, 0.05) is 28.3 Å².